The van der Waals surface area contributed by atoms with Crippen LogP contribution in [0.1, 0.15) is 58.8 Å². The van der Waals surface area contributed by atoms with Crippen LogP contribution in [0.15, 0.2) is 0 Å². The van der Waals surface area contributed by atoms with Crippen molar-refractivity contribution in [2.24, 2.45) is 0 Å². The number of hydrogen-bond donors (Lipinski definition) is 1. The lowest BCUT2D eigenvalue weighted by atomic mass is 9.96. The first-order valence-electron chi connectivity index (χ1n) is 7.64. The molecule has 19 heavy (non-hydrogen) atoms. The maximum Gasteiger partial charge on any atom is 0.329 e. The first-order valence-corrected chi connectivity index (χ1v) is 7.64. The molecule has 0 radical (unpaired) electrons. The third-order valence-electron chi connectivity index (χ3n) is 3.74. The quantitative estimate of drug-likeness (QED) is 0.587. The normalized spacial score (nSPS) is 18.2. The Balaban J connectivity index is 1.92. The summed E-state index contributed by atoms with van der Waals surface area (Å²) in [5.74, 6) is -0.883. The Morgan fingerprint density at radius 1 is 1.16 bits per heavy atom. The van der Waals surface area contributed by atoms with Gasteiger partial charge in [-0.15, -0.1) is 0 Å². The predicted molar refractivity (Wildman–Crippen MR) is 76.4 cm³/mol. The summed E-state index contributed by atoms with van der Waals surface area (Å²) in [4.78, 5) is 12.8. The molecule has 0 aromatic carbocycles. The lowest BCUT2D eigenvalue weighted by Crippen LogP contribution is -2.61. The van der Waals surface area contributed by atoms with Gasteiger partial charge in [0.2, 0.25) is 0 Å². The van der Waals surface area contributed by atoms with E-state index >= 15 is 0 Å². The molecule has 1 heterocycles. The van der Waals surface area contributed by atoms with E-state index in [4.69, 9.17) is 9.84 Å². The Bertz CT molecular complexity index is 262. The summed E-state index contributed by atoms with van der Waals surface area (Å²) in [5, 5.41) is 8.59. The zero-order chi connectivity index (χ0) is 14.1. The van der Waals surface area contributed by atoms with Crippen LogP contribution >= 0.6 is 0 Å². The highest BCUT2D eigenvalue weighted by molar-refractivity contribution is 5.68. The first-order chi connectivity index (χ1) is 9.06. The molecule has 0 saturated carbocycles. The van der Waals surface area contributed by atoms with Crippen LogP contribution in [0, 0.1) is 0 Å². The van der Waals surface area contributed by atoms with Crippen molar-refractivity contribution in [3.8, 4) is 0 Å². The number of unbranched alkanes of at least 4 members (excludes halogenated alkanes) is 6. The summed E-state index contributed by atoms with van der Waals surface area (Å²) >= 11 is 0. The molecule has 0 bridgehead atoms. The third kappa shape index (κ3) is 6.92. The average molecular weight is 271 g/mol. The number of likely N-dealkylation sites (tertiary alicyclic amines) is 1. The van der Waals surface area contributed by atoms with Crippen molar-refractivity contribution in [3.63, 3.8) is 0 Å². The van der Waals surface area contributed by atoms with E-state index in [1.807, 2.05) is 6.92 Å². The second-order valence-corrected chi connectivity index (χ2v) is 5.96. The summed E-state index contributed by atoms with van der Waals surface area (Å²) in [5.41, 5.74) is -0.237. The van der Waals surface area contributed by atoms with Gasteiger partial charge in [0.05, 0.1) is 5.60 Å². The van der Waals surface area contributed by atoms with Gasteiger partial charge in [-0.3, -0.25) is 4.90 Å². The maximum absolute atomic E-state index is 10.4. The zero-order valence-corrected chi connectivity index (χ0v) is 12.5. The van der Waals surface area contributed by atoms with Crippen LogP contribution in [-0.2, 0) is 9.53 Å². The van der Waals surface area contributed by atoms with Crippen LogP contribution in [0.4, 0.5) is 0 Å². The molecule has 1 aliphatic heterocycles. The monoisotopic (exact) mass is 271 g/mol. The first kappa shape index (κ1) is 16.4. The average Bonchev–Trinajstić information content (AvgIpc) is 2.33. The van der Waals surface area contributed by atoms with Crippen LogP contribution in [0.25, 0.3) is 0 Å². The van der Waals surface area contributed by atoms with Crippen LogP contribution in [0.2, 0.25) is 0 Å². The van der Waals surface area contributed by atoms with Crippen molar-refractivity contribution in [2.45, 2.75) is 64.4 Å². The summed E-state index contributed by atoms with van der Waals surface area (Å²) in [6, 6.07) is 0. The minimum absolute atomic E-state index is 0.179. The van der Waals surface area contributed by atoms with Gasteiger partial charge in [0, 0.05) is 13.1 Å². The zero-order valence-electron chi connectivity index (χ0n) is 12.5. The van der Waals surface area contributed by atoms with E-state index < -0.39 is 5.97 Å². The van der Waals surface area contributed by atoms with E-state index in [1.165, 1.54) is 44.9 Å². The van der Waals surface area contributed by atoms with Gasteiger partial charge in [0.1, 0.15) is 6.61 Å². The molecule has 0 amide bonds. The van der Waals surface area contributed by atoms with E-state index in [-0.39, 0.29) is 12.2 Å². The lowest BCUT2D eigenvalue weighted by molar-refractivity contribution is -0.164. The van der Waals surface area contributed by atoms with E-state index in [0.717, 1.165) is 19.6 Å². The van der Waals surface area contributed by atoms with Gasteiger partial charge in [-0.25, -0.2) is 4.79 Å². The molecular formula is C15H29NO3. The Kier molecular flexibility index (Phi) is 7.39. The Labute approximate surface area is 117 Å². The number of carbonyl (C=O) groups is 1. The molecule has 4 heteroatoms. The van der Waals surface area contributed by atoms with Gasteiger partial charge in [0.15, 0.2) is 0 Å². The fourth-order valence-corrected chi connectivity index (χ4v) is 2.68. The number of rotatable bonds is 11. The second kappa shape index (κ2) is 8.54. The highest BCUT2D eigenvalue weighted by Gasteiger charge is 2.39. The molecule has 0 aromatic rings. The number of nitrogens with zero attached hydrogens (tertiary/aromatic N) is 1. The standard InChI is InChI=1S/C15H29NO3/c1-3-4-5-6-7-8-9-10-16-12-15(2,13-16)19-11-14(17)18/h3-13H2,1-2H3,(H,17,18). The van der Waals surface area contributed by atoms with Crippen LogP contribution in [-0.4, -0.2) is 47.8 Å². The number of ether oxygens (including phenoxy) is 1. The van der Waals surface area contributed by atoms with Crippen molar-refractivity contribution in [3.05, 3.63) is 0 Å². The fraction of sp³-hybridized carbons (Fsp3) is 0.933. The third-order valence-corrected chi connectivity index (χ3v) is 3.74. The largest absolute Gasteiger partial charge is 0.480 e. The van der Waals surface area contributed by atoms with E-state index in [2.05, 4.69) is 11.8 Å². The molecule has 1 aliphatic rings. The van der Waals surface area contributed by atoms with Crippen molar-refractivity contribution < 1.29 is 14.6 Å². The number of hydrogen-bond acceptors (Lipinski definition) is 3. The van der Waals surface area contributed by atoms with Gasteiger partial charge >= 0.3 is 5.97 Å². The number of aliphatic carboxylic acids is 1. The number of carboxylic acids is 1. The van der Waals surface area contributed by atoms with Gasteiger partial charge < -0.3 is 9.84 Å². The second-order valence-electron chi connectivity index (χ2n) is 5.96. The molecule has 0 aliphatic carbocycles. The van der Waals surface area contributed by atoms with Crippen LogP contribution < -0.4 is 0 Å². The molecule has 0 spiro atoms. The predicted octanol–water partition coefficient (Wildman–Crippen LogP) is 2.91. The summed E-state index contributed by atoms with van der Waals surface area (Å²) in [7, 11) is 0. The number of carboxylic acid groups (broad SMARTS) is 1. The minimum Gasteiger partial charge on any atom is -0.480 e. The topological polar surface area (TPSA) is 49.8 Å². The molecule has 1 fully saturated rings. The van der Waals surface area contributed by atoms with Crippen LogP contribution in [0.5, 0.6) is 0 Å². The molecule has 0 unspecified atom stereocenters. The van der Waals surface area contributed by atoms with Gasteiger partial charge in [-0.1, -0.05) is 45.4 Å². The maximum atomic E-state index is 10.4. The lowest BCUT2D eigenvalue weighted by Gasteiger charge is -2.47. The highest BCUT2D eigenvalue weighted by Crippen LogP contribution is 2.24. The molecule has 0 aromatic heterocycles. The van der Waals surface area contributed by atoms with E-state index in [1.54, 1.807) is 0 Å². The van der Waals surface area contributed by atoms with Crippen molar-refractivity contribution >= 4 is 5.97 Å². The van der Waals surface area contributed by atoms with Crippen molar-refractivity contribution in [1.29, 1.82) is 0 Å². The Morgan fingerprint density at radius 3 is 2.32 bits per heavy atom. The van der Waals surface area contributed by atoms with E-state index in [9.17, 15) is 4.79 Å². The van der Waals surface area contributed by atoms with Gasteiger partial charge in [-0.2, -0.15) is 0 Å². The molecule has 112 valence electrons. The van der Waals surface area contributed by atoms with Gasteiger partial charge in [-0.05, 0) is 19.9 Å². The highest BCUT2D eigenvalue weighted by atomic mass is 16.5. The van der Waals surface area contributed by atoms with Crippen LogP contribution in [0.3, 0.4) is 0 Å². The summed E-state index contributed by atoms with van der Waals surface area (Å²) in [6.45, 7) is 6.93. The fourth-order valence-electron chi connectivity index (χ4n) is 2.68. The Morgan fingerprint density at radius 2 is 1.74 bits per heavy atom. The molecule has 1 saturated heterocycles. The van der Waals surface area contributed by atoms with Crippen molar-refractivity contribution in [2.75, 3.05) is 26.2 Å². The molecular weight excluding hydrogens is 242 g/mol. The Hall–Kier alpha value is -0.610. The smallest absolute Gasteiger partial charge is 0.329 e. The summed E-state index contributed by atoms with van der Waals surface area (Å²) < 4.78 is 5.39. The minimum atomic E-state index is -0.883. The van der Waals surface area contributed by atoms with E-state index in [0.29, 0.717) is 0 Å². The van der Waals surface area contributed by atoms with Crippen molar-refractivity contribution in [1.82, 2.24) is 4.90 Å². The molecule has 0 atom stereocenters. The van der Waals surface area contributed by atoms with Gasteiger partial charge in [0.25, 0.3) is 0 Å². The summed E-state index contributed by atoms with van der Waals surface area (Å²) in [6.07, 6.45) is 9.33. The molecule has 1 rings (SSSR count). The molecule has 4 nitrogen and oxygen atoms in total. The molecule has 1 N–H and O–H groups in total. The SMILES string of the molecule is CCCCCCCCCN1CC(C)(OCC(=O)O)C1.